The number of anilines is 5. The van der Waals surface area contributed by atoms with Gasteiger partial charge in [-0.2, -0.15) is 9.37 Å². The van der Waals surface area contributed by atoms with Crippen LogP contribution in [0.5, 0.6) is 0 Å². The summed E-state index contributed by atoms with van der Waals surface area (Å²) in [6.45, 7) is 3.86. The summed E-state index contributed by atoms with van der Waals surface area (Å²) in [5.74, 6) is -2.00. The second-order valence-corrected chi connectivity index (χ2v) is 9.64. The van der Waals surface area contributed by atoms with Gasteiger partial charge >= 0.3 is 0 Å². The molecule has 1 aromatic heterocycles. The molecule has 0 spiro atoms. The van der Waals surface area contributed by atoms with Gasteiger partial charge in [-0.1, -0.05) is 53.2 Å². The van der Waals surface area contributed by atoms with Crippen LogP contribution in [0.2, 0.25) is 10.0 Å². The van der Waals surface area contributed by atoms with E-state index in [0.29, 0.717) is 22.1 Å². The molecular weight excluding hydrogens is 483 g/mol. The number of pyridine rings is 1. The van der Waals surface area contributed by atoms with Crippen LogP contribution in [0.1, 0.15) is 11.1 Å². The number of aryl methyl sites for hydroxylation is 2. The number of hydrogen-bond acceptors (Lipinski definition) is 4. The molecule has 1 N–H and O–H groups in total. The molecule has 8 heteroatoms. The first-order valence-corrected chi connectivity index (χ1v) is 11.7. The topological polar surface area (TPSA) is 28.2 Å². The zero-order chi connectivity index (χ0) is 23.3. The summed E-state index contributed by atoms with van der Waals surface area (Å²) < 4.78 is 31.0. The molecule has 33 heavy (non-hydrogen) atoms. The molecule has 1 aliphatic heterocycles. The summed E-state index contributed by atoms with van der Waals surface area (Å²) in [5, 5.41) is 2.98. The van der Waals surface area contributed by atoms with Crippen LogP contribution >= 0.6 is 35.0 Å². The highest BCUT2D eigenvalue weighted by Gasteiger charge is 2.31. The molecule has 0 radical (unpaired) electrons. The summed E-state index contributed by atoms with van der Waals surface area (Å²) >= 11 is 14.1. The quantitative estimate of drug-likeness (QED) is 0.250. The SMILES string of the molecule is Cc1cc(C)cc(Nc2nc(F)c(Cl)c(N3c4ccccc4Sc4ccc(Cl)cc43)c2F)c1. The first-order chi connectivity index (χ1) is 15.8. The second kappa shape index (κ2) is 8.52. The van der Waals surface area contributed by atoms with E-state index in [1.54, 1.807) is 17.0 Å². The third-order valence-electron chi connectivity index (χ3n) is 5.21. The van der Waals surface area contributed by atoms with Gasteiger partial charge in [-0.3, -0.25) is 0 Å². The Morgan fingerprint density at radius 3 is 2.33 bits per heavy atom. The molecule has 0 fully saturated rings. The van der Waals surface area contributed by atoms with E-state index in [2.05, 4.69) is 10.3 Å². The number of nitrogens with one attached hydrogen (secondary N) is 1. The first-order valence-electron chi connectivity index (χ1n) is 10.1. The van der Waals surface area contributed by atoms with Crippen molar-refractivity contribution in [1.29, 1.82) is 0 Å². The van der Waals surface area contributed by atoms with Crippen LogP contribution in [0.25, 0.3) is 0 Å². The Morgan fingerprint density at radius 1 is 0.879 bits per heavy atom. The fourth-order valence-corrected chi connectivity index (χ4v) is 5.35. The smallest absolute Gasteiger partial charge is 0.235 e. The number of halogens is 4. The first kappa shape index (κ1) is 22.0. The van der Waals surface area contributed by atoms with Crippen LogP contribution in [0.3, 0.4) is 0 Å². The molecular formula is C25H17Cl2F2N3S. The molecule has 2 heterocycles. The minimum atomic E-state index is -0.973. The number of nitrogens with zero attached hydrogens (tertiary/aromatic N) is 2. The number of aromatic nitrogens is 1. The second-order valence-electron chi connectivity index (χ2n) is 7.75. The Morgan fingerprint density at radius 2 is 1.58 bits per heavy atom. The maximum atomic E-state index is 16.0. The highest BCUT2D eigenvalue weighted by atomic mass is 35.5. The lowest BCUT2D eigenvalue weighted by atomic mass is 10.1. The van der Waals surface area contributed by atoms with Crippen molar-refractivity contribution in [1.82, 2.24) is 4.98 Å². The number of benzene rings is 3. The Bertz CT molecular complexity index is 1390. The van der Waals surface area contributed by atoms with E-state index in [9.17, 15) is 4.39 Å². The lowest BCUT2D eigenvalue weighted by molar-refractivity contribution is 0.566. The predicted octanol–water partition coefficient (Wildman–Crippen LogP) is 8.96. The monoisotopic (exact) mass is 499 g/mol. The van der Waals surface area contributed by atoms with E-state index in [1.165, 1.54) is 11.8 Å². The van der Waals surface area contributed by atoms with Gasteiger partial charge in [0.2, 0.25) is 5.95 Å². The van der Waals surface area contributed by atoms with Crippen LogP contribution in [0.4, 0.5) is 37.3 Å². The molecule has 0 aliphatic carbocycles. The summed E-state index contributed by atoms with van der Waals surface area (Å²) in [6, 6.07) is 18.5. The molecule has 1 aliphatic rings. The molecule has 0 bridgehead atoms. The van der Waals surface area contributed by atoms with Crippen LogP contribution in [-0.4, -0.2) is 4.98 Å². The van der Waals surface area contributed by atoms with Crippen molar-refractivity contribution in [2.75, 3.05) is 10.2 Å². The Kier molecular flexibility index (Phi) is 5.69. The number of rotatable bonds is 3. The van der Waals surface area contributed by atoms with Crippen LogP contribution in [-0.2, 0) is 0 Å². The van der Waals surface area contributed by atoms with Crippen LogP contribution < -0.4 is 10.2 Å². The van der Waals surface area contributed by atoms with Crippen molar-refractivity contribution >= 4 is 63.5 Å². The van der Waals surface area contributed by atoms with E-state index in [-0.39, 0.29) is 11.5 Å². The zero-order valence-electron chi connectivity index (χ0n) is 17.6. The van der Waals surface area contributed by atoms with Gasteiger partial charge in [-0.25, -0.2) is 4.39 Å². The van der Waals surface area contributed by atoms with Gasteiger partial charge in [0.05, 0.1) is 11.4 Å². The molecule has 4 aromatic rings. The molecule has 3 nitrogen and oxygen atoms in total. The largest absolute Gasteiger partial charge is 0.338 e. The lowest BCUT2D eigenvalue weighted by Gasteiger charge is -2.33. The van der Waals surface area contributed by atoms with E-state index >= 15 is 4.39 Å². The average molecular weight is 500 g/mol. The minimum absolute atomic E-state index is 0.132. The fraction of sp³-hybridized carbons (Fsp3) is 0.0800. The van der Waals surface area contributed by atoms with Gasteiger partial charge < -0.3 is 10.2 Å². The summed E-state index contributed by atoms with van der Waals surface area (Å²) in [7, 11) is 0. The van der Waals surface area contributed by atoms with Crippen molar-refractivity contribution in [2.45, 2.75) is 23.6 Å². The zero-order valence-corrected chi connectivity index (χ0v) is 19.9. The minimum Gasteiger partial charge on any atom is -0.338 e. The Balaban J connectivity index is 1.73. The molecule has 5 rings (SSSR count). The van der Waals surface area contributed by atoms with Gasteiger partial charge in [-0.15, -0.1) is 0 Å². The third kappa shape index (κ3) is 4.03. The molecule has 3 aromatic carbocycles. The highest BCUT2D eigenvalue weighted by Crippen LogP contribution is 2.54. The summed E-state index contributed by atoms with van der Waals surface area (Å²) in [4.78, 5) is 7.09. The maximum absolute atomic E-state index is 16.0. The fourth-order valence-electron chi connectivity index (χ4n) is 3.93. The van der Waals surface area contributed by atoms with Gasteiger partial charge in [0.1, 0.15) is 10.7 Å². The number of fused-ring (bicyclic) bond motifs is 2. The maximum Gasteiger partial charge on any atom is 0.235 e. The van der Waals surface area contributed by atoms with Gasteiger partial charge in [0.25, 0.3) is 0 Å². The van der Waals surface area contributed by atoms with Crippen LogP contribution in [0.15, 0.2) is 70.5 Å². The van der Waals surface area contributed by atoms with Gasteiger partial charge in [0.15, 0.2) is 11.6 Å². The van der Waals surface area contributed by atoms with Crippen molar-refractivity contribution in [3.63, 3.8) is 0 Å². The Labute approximate surface area is 204 Å². The molecule has 0 saturated carbocycles. The lowest BCUT2D eigenvalue weighted by Crippen LogP contribution is -2.18. The molecule has 0 unspecified atom stereocenters. The van der Waals surface area contributed by atoms with E-state index in [1.807, 2.05) is 62.4 Å². The Hall–Kier alpha value is -2.80. The third-order valence-corrected chi connectivity index (χ3v) is 6.91. The van der Waals surface area contributed by atoms with Crippen molar-refractivity contribution in [3.8, 4) is 0 Å². The number of hydrogen-bond donors (Lipinski definition) is 1. The van der Waals surface area contributed by atoms with E-state index in [4.69, 9.17) is 23.2 Å². The van der Waals surface area contributed by atoms with Crippen molar-refractivity contribution in [2.24, 2.45) is 0 Å². The number of para-hydroxylation sites is 1. The molecule has 0 atom stereocenters. The predicted molar refractivity (Wildman–Crippen MR) is 132 cm³/mol. The van der Waals surface area contributed by atoms with E-state index < -0.39 is 16.8 Å². The highest BCUT2D eigenvalue weighted by molar-refractivity contribution is 7.99. The molecule has 0 saturated heterocycles. The van der Waals surface area contributed by atoms with Gasteiger partial charge in [0, 0.05) is 20.5 Å². The molecule has 166 valence electrons. The van der Waals surface area contributed by atoms with Gasteiger partial charge in [-0.05, 0) is 67.4 Å². The normalized spacial score (nSPS) is 12.4. The van der Waals surface area contributed by atoms with Crippen molar-refractivity contribution < 1.29 is 8.78 Å². The van der Waals surface area contributed by atoms with Crippen molar-refractivity contribution in [3.05, 3.63) is 93.6 Å². The summed E-state index contributed by atoms with van der Waals surface area (Å²) in [5.41, 5.74) is 3.71. The summed E-state index contributed by atoms with van der Waals surface area (Å²) in [6.07, 6.45) is 0. The standard InChI is InChI=1S/C25H17Cl2F2N3S/c1-13-9-14(2)11-16(10-13)30-25-22(28)23(21(27)24(29)31-25)32-17-5-3-4-6-19(17)33-20-8-7-15(26)12-18(20)32/h3-12H,1-2H3,(H,30,31). The van der Waals surface area contributed by atoms with E-state index in [0.717, 1.165) is 20.9 Å². The average Bonchev–Trinajstić information content (AvgIpc) is 2.76. The van der Waals surface area contributed by atoms with Crippen LogP contribution in [0, 0.1) is 25.6 Å². The molecule has 0 amide bonds.